The van der Waals surface area contributed by atoms with E-state index in [1.807, 2.05) is 18.4 Å². The molecule has 1 rings (SSSR count). The van der Waals surface area contributed by atoms with Gasteiger partial charge in [-0.3, -0.25) is 0 Å². The van der Waals surface area contributed by atoms with Crippen LogP contribution in [0.4, 0.5) is 0 Å². The average Bonchev–Trinajstić information content (AvgIpc) is 2.53. The highest BCUT2D eigenvalue weighted by atomic mass is 32.1. The van der Waals surface area contributed by atoms with E-state index < -0.39 is 0 Å². The van der Waals surface area contributed by atoms with Crippen LogP contribution in [0.3, 0.4) is 0 Å². The molecule has 1 aromatic heterocycles. The summed E-state index contributed by atoms with van der Waals surface area (Å²) in [4.78, 5) is 1.42. The van der Waals surface area contributed by atoms with Crippen molar-refractivity contribution in [3.05, 3.63) is 21.9 Å². The molecule has 2 nitrogen and oxygen atoms in total. The maximum Gasteiger partial charge on any atom is 0.0453 e. The van der Waals surface area contributed by atoms with E-state index in [0.717, 1.165) is 6.54 Å². The fraction of sp³-hybridized carbons (Fsp3) is 0.600. The molecule has 0 saturated heterocycles. The fourth-order valence-corrected chi connectivity index (χ4v) is 2.68. The number of aryl methyl sites for hydroxylation is 1. The fourth-order valence-electron chi connectivity index (χ4n) is 1.51. The Bertz CT molecular complexity index is 257. The van der Waals surface area contributed by atoms with Gasteiger partial charge < -0.3 is 11.1 Å². The molecule has 0 amide bonds. The van der Waals surface area contributed by atoms with Crippen molar-refractivity contribution < 1.29 is 0 Å². The maximum absolute atomic E-state index is 5.67. The molecule has 1 heterocycles. The van der Waals surface area contributed by atoms with Gasteiger partial charge in [0.25, 0.3) is 0 Å². The largest absolute Gasteiger partial charge is 0.330 e. The zero-order valence-corrected chi connectivity index (χ0v) is 9.32. The Morgan fingerprint density at radius 1 is 1.62 bits per heavy atom. The van der Waals surface area contributed by atoms with Crippen molar-refractivity contribution in [2.75, 3.05) is 13.6 Å². The summed E-state index contributed by atoms with van der Waals surface area (Å²) in [6, 6.07) is 2.57. The van der Waals surface area contributed by atoms with Gasteiger partial charge in [-0.15, -0.1) is 11.3 Å². The quantitative estimate of drug-likeness (QED) is 0.775. The molecule has 2 unspecified atom stereocenters. The second-order valence-corrected chi connectivity index (χ2v) is 4.39. The van der Waals surface area contributed by atoms with Gasteiger partial charge in [0.05, 0.1) is 0 Å². The Balaban J connectivity index is 2.84. The summed E-state index contributed by atoms with van der Waals surface area (Å²) in [5.41, 5.74) is 7.03. The first-order chi connectivity index (χ1) is 6.20. The minimum atomic E-state index is 0.407. The zero-order chi connectivity index (χ0) is 9.84. The normalized spacial score (nSPS) is 15.7. The molecule has 0 spiro atoms. The molecule has 0 saturated carbocycles. The summed E-state index contributed by atoms with van der Waals surface area (Å²) >= 11 is 1.81. The van der Waals surface area contributed by atoms with Crippen LogP contribution in [-0.4, -0.2) is 13.6 Å². The molecule has 0 fully saturated rings. The average molecular weight is 198 g/mol. The third kappa shape index (κ3) is 2.30. The van der Waals surface area contributed by atoms with E-state index in [1.54, 1.807) is 0 Å². The van der Waals surface area contributed by atoms with Crippen molar-refractivity contribution in [1.29, 1.82) is 0 Å². The van der Waals surface area contributed by atoms with Crippen molar-refractivity contribution in [2.45, 2.75) is 19.9 Å². The Kier molecular flexibility index (Phi) is 3.90. The van der Waals surface area contributed by atoms with Crippen LogP contribution in [0.25, 0.3) is 0 Å². The van der Waals surface area contributed by atoms with Crippen molar-refractivity contribution in [3.8, 4) is 0 Å². The molecule has 0 radical (unpaired) electrons. The molecule has 3 heteroatoms. The van der Waals surface area contributed by atoms with Gasteiger partial charge in [0.1, 0.15) is 0 Å². The predicted octanol–water partition coefficient (Wildman–Crippen LogP) is 1.91. The highest BCUT2D eigenvalue weighted by Crippen LogP contribution is 2.28. The van der Waals surface area contributed by atoms with Gasteiger partial charge in [-0.2, -0.15) is 0 Å². The van der Waals surface area contributed by atoms with Gasteiger partial charge in [-0.25, -0.2) is 0 Å². The SMILES string of the molecule is CNC(c1sccc1C)C(C)CN. The lowest BCUT2D eigenvalue weighted by molar-refractivity contribution is 0.424. The van der Waals surface area contributed by atoms with Crippen LogP contribution in [0.15, 0.2) is 11.4 Å². The Labute approximate surface area is 84.2 Å². The summed E-state index contributed by atoms with van der Waals surface area (Å²) in [5, 5.41) is 5.46. The molecule has 0 aliphatic carbocycles. The van der Waals surface area contributed by atoms with Gasteiger partial charge in [0.15, 0.2) is 0 Å². The van der Waals surface area contributed by atoms with E-state index in [1.165, 1.54) is 10.4 Å². The smallest absolute Gasteiger partial charge is 0.0453 e. The van der Waals surface area contributed by atoms with Gasteiger partial charge in [-0.05, 0) is 43.4 Å². The van der Waals surface area contributed by atoms with Gasteiger partial charge in [-0.1, -0.05) is 6.92 Å². The van der Waals surface area contributed by atoms with Crippen LogP contribution in [-0.2, 0) is 0 Å². The number of rotatable bonds is 4. The van der Waals surface area contributed by atoms with E-state index in [0.29, 0.717) is 12.0 Å². The minimum absolute atomic E-state index is 0.407. The van der Waals surface area contributed by atoms with Crippen LogP contribution in [0.1, 0.15) is 23.4 Å². The summed E-state index contributed by atoms with van der Waals surface area (Å²) in [7, 11) is 2.00. The molecule has 0 aliphatic rings. The van der Waals surface area contributed by atoms with Gasteiger partial charge in [0.2, 0.25) is 0 Å². The second-order valence-electron chi connectivity index (χ2n) is 3.45. The van der Waals surface area contributed by atoms with E-state index >= 15 is 0 Å². The van der Waals surface area contributed by atoms with E-state index in [2.05, 4.69) is 30.6 Å². The lowest BCUT2D eigenvalue weighted by atomic mass is 9.99. The molecule has 74 valence electrons. The number of nitrogens with two attached hydrogens (primary N) is 1. The number of nitrogens with one attached hydrogen (secondary N) is 1. The Morgan fingerprint density at radius 3 is 2.69 bits per heavy atom. The standard InChI is InChI=1S/C10H18N2S/c1-7-4-5-13-10(7)9(12-3)8(2)6-11/h4-5,8-9,12H,6,11H2,1-3H3. The van der Waals surface area contributed by atoms with E-state index in [-0.39, 0.29) is 0 Å². The van der Waals surface area contributed by atoms with Crippen molar-refractivity contribution in [2.24, 2.45) is 11.7 Å². The minimum Gasteiger partial charge on any atom is -0.330 e. The topological polar surface area (TPSA) is 38.0 Å². The van der Waals surface area contributed by atoms with Gasteiger partial charge >= 0.3 is 0 Å². The van der Waals surface area contributed by atoms with Crippen LogP contribution in [0.5, 0.6) is 0 Å². The summed E-state index contributed by atoms with van der Waals surface area (Å²) < 4.78 is 0. The first-order valence-corrected chi connectivity index (χ1v) is 5.50. The molecule has 1 aromatic rings. The van der Waals surface area contributed by atoms with Crippen molar-refractivity contribution in [3.63, 3.8) is 0 Å². The number of thiophene rings is 1. The summed E-state index contributed by atoms with van der Waals surface area (Å²) in [6.45, 7) is 5.06. The summed E-state index contributed by atoms with van der Waals surface area (Å²) in [6.07, 6.45) is 0. The Hall–Kier alpha value is -0.380. The molecule has 0 bridgehead atoms. The lowest BCUT2D eigenvalue weighted by Gasteiger charge is -2.21. The van der Waals surface area contributed by atoms with Gasteiger partial charge in [0, 0.05) is 10.9 Å². The highest BCUT2D eigenvalue weighted by Gasteiger charge is 2.18. The van der Waals surface area contributed by atoms with Crippen LogP contribution in [0.2, 0.25) is 0 Å². The summed E-state index contributed by atoms with van der Waals surface area (Å²) in [5.74, 6) is 0.488. The predicted molar refractivity (Wildman–Crippen MR) is 59.1 cm³/mol. The number of hydrogen-bond donors (Lipinski definition) is 2. The van der Waals surface area contributed by atoms with Crippen molar-refractivity contribution >= 4 is 11.3 Å². The third-order valence-electron chi connectivity index (χ3n) is 2.44. The first-order valence-electron chi connectivity index (χ1n) is 4.62. The van der Waals surface area contributed by atoms with Crippen LogP contribution >= 0.6 is 11.3 Å². The molecule has 13 heavy (non-hydrogen) atoms. The molecular weight excluding hydrogens is 180 g/mol. The first kappa shape index (κ1) is 10.7. The van der Waals surface area contributed by atoms with Crippen LogP contribution in [0, 0.1) is 12.8 Å². The molecule has 3 N–H and O–H groups in total. The monoisotopic (exact) mass is 198 g/mol. The molecule has 2 atom stereocenters. The molecule has 0 aromatic carbocycles. The number of hydrogen-bond acceptors (Lipinski definition) is 3. The van der Waals surface area contributed by atoms with Crippen molar-refractivity contribution in [1.82, 2.24) is 5.32 Å². The molecular formula is C10H18N2S. The lowest BCUT2D eigenvalue weighted by Crippen LogP contribution is -2.28. The van der Waals surface area contributed by atoms with Crippen LogP contribution < -0.4 is 11.1 Å². The zero-order valence-electron chi connectivity index (χ0n) is 8.50. The van der Waals surface area contributed by atoms with E-state index in [4.69, 9.17) is 5.73 Å². The third-order valence-corrected chi connectivity index (χ3v) is 3.54. The Morgan fingerprint density at radius 2 is 2.31 bits per heavy atom. The molecule has 0 aliphatic heterocycles. The van der Waals surface area contributed by atoms with E-state index in [9.17, 15) is 0 Å². The second kappa shape index (κ2) is 4.74. The maximum atomic E-state index is 5.67. The highest BCUT2D eigenvalue weighted by molar-refractivity contribution is 7.10.